The van der Waals surface area contributed by atoms with Gasteiger partial charge >= 0.3 is 6.09 Å². The maximum atomic E-state index is 16.4. The van der Waals surface area contributed by atoms with E-state index in [4.69, 9.17) is 32.1 Å². The number of nitrogen functional groups attached to an aromatic ring is 1. The first kappa shape index (κ1) is 29.9. The van der Waals surface area contributed by atoms with Crippen molar-refractivity contribution < 1.29 is 33.3 Å². The van der Waals surface area contributed by atoms with Crippen LogP contribution in [0.4, 0.5) is 19.3 Å². The zero-order valence-electron chi connectivity index (χ0n) is 22.8. The first-order valence-electron chi connectivity index (χ1n) is 12.9. The van der Waals surface area contributed by atoms with Crippen LogP contribution in [-0.4, -0.2) is 63.9 Å². The predicted molar refractivity (Wildman–Crippen MR) is 150 cm³/mol. The largest absolute Gasteiger partial charge is 0.504 e. The second kappa shape index (κ2) is 12.2. The number of allylic oxidation sites excluding steroid dienone is 2. The lowest BCUT2D eigenvalue weighted by Gasteiger charge is -2.41. The van der Waals surface area contributed by atoms with Crippen LogP contribution in [0.1, 0.15) is 25.3 Å². The van der Waals surface area contributed by atoms with Gasteiger partial charge in [-0.25, -0.2) is 29.0 Å². The lowest BCUT2D eigenvalue weighted by molar-refractivity contribution is -0.0112. The van der Waals surface area contributed by atoms with Gasteiger partial charge in [-0.1, -0.05) is 6.07 Å². The van der Waals surface area contributed by atoms with Crippen molar-refractivity contribution in [1.29, 1.82) is 5.41 Å². The number of aromatic hydroxyl groups is 1. The number of guanidine groups is 1. The van der Waals surface area contributed by atoms with Crippen LogP contribution in [-0.2, 0) is 0 Å². The van der Waals surface area contributed by atoms with Crippen LogP contribution in [0.5, 0.6) is 17.2 Å². The number of rotatable bonds is 8. The number of amidine groups is 1. The van der Waals surface area contributed by atoms with Gasteiger partial charge in [0.25, 0.3) is 5.88 Å². The minimum absolute atomic E-state index is 0.0602. The van der Waals surface area contributed by atoms with E-state index in [0.29, 0.717) is 5.69 Å². The molecule has 1 saturated heterocycles. The summed E-state index contributed by atoms with van der Waals surface area (Å²) in [4.78, 5) is 16.8. The third-order valence-electron chi connectivity index (χ3n) is 6.92. The second-order valence-electron chi connectivity index (χ2n) is 9.72. The molecule has 2 heterocycles. The summed E-state index contributed by atoms with van der Waals surface area (Å²) in [6.07, 6.45) is -2.55. The van der Waals surface area contributed by atoms with Gasteiger partial charge < -0.3 is 41.8 Å². The Balaban J connectivity index is 1.81. The highest BCUT2D eigenvalue weighted by molar-refractivity contribution is 5.95. The summed E-state index contributed by atoms with van der Waals surface area (Å²) in [5, 5.41) is 28.6. The number of benzene rings is 2. The molecule has 4 rings (SSSR count). The molecule has 1 fully saturated rings. The topological polar surface area (TPSA) is 209 Å². The number of carbonyl (C=O) groups is 1. The molecule has 0 saturated carbocycles. The number of aliphatic imine (C=N–C) groups is 1. The molecule has 10 N–H and O–H groups in total. The molecule has 0 bridgehead atoms. The van der Waals surface area contributed by atoms with E-state index < -0.39 is 41.8 Å². The van der Waals surface area contributed by atoms with Crippen LogP contribution in [0, 0.1) is 11.3 Å². The SMILES string of the molecule is CNN1C(Oc2cccc(N=C(N)N)c2)=C(F)C(C2CCN(C(=O)O)C(C)C2)=C(F)C1Oc1cc(C(=N)N)ccc1O. The zero-order valence-corrected chi connectivity index (χ0v) is 22.8. The Kier molecular flexibility index (Phi) is 8.70. The highest BCUT2D eigenvalue weighted by Crippen LogP contribution is 2.43. The molecule has 13 nitrogen and oxygen atoms in total. The molecule has 1 amide bonds. The van der Waals surface area contributed by atoms with Gasteiger partial charge in [0, 0.05) is 36.8 Å². The Morgan fingerprint density at radius 1 is 1.19 bits per heavy atom. The van der Waals surface area contributed by atoms with Crippen molar-refractivity contribution >= 4 is 23.6 Å². The smallest absolute Gasteiger partial charge is 0.407 e. The second-order valence-corrected chi connectivity index (χ2v) is 9.72. The number of hydrogen-bond donors (Lipinski definition) is 7. The number of phenolic OH excluding ortho intramolecular Hbond substituents is 1. The number of hydrogen-bond acceptors (Lipinski definition) is 8. The van der Waals surface area contributed by atoms with Crippen molar-refractivity contribution in [2.75, 3.05) is 13.6 Å². The van der Waals surface area contributed by atoms with E-state index >= 15 is 8.78 Å². The molecule has 3 atom stereocenters. The Hall–Kier alpha value is -5.05. The fourth-order valence-electron chi connectivity index (χ4n) is 4.96. The van der Waals surface area contributed by atoms with E-state index in [0.717, 1.165) is 5.01 Å². The zero-order chi connectivity index (χ0) is 30.7. The van der Waals surface area contributed by atoms with Gasteiger partial charge in [0.2, 0.25) is 6.23 Å². The number of amides is 1. The first-order chi connectivity index (χ1) is 19.9. The van der Waals surface area contributed by atoms with Crippen LogP contribution in [0.25, 0.3) is 0 Å². The van der Waals surface area contributed by atoms with Crippen molar-refractivity contribution in [1.82, 2.24) is 15.3 Å². The van der Waals surface area contributed by atoms with Crippen LogP contribution in [0.3, 0.4) is 0 Å². The fourth-order valence-corrected chi connectivity index (χ4v) is 4.96. The molecule has 0 radical (unpaired) electrons. The van der Waals surface area contributed by atoms with Gasteiger partial charge in [-0.2, -0.15) is 0 Å². The Morgan fingerprint density at radius 2 is 1.93 bits per heavy atom. The summed E-state index contributed by atoms with van der Waals surface area (Å²) >= 11 is 0. The number of ether oxygens (including phenoxy) is 2. The molecular formula is C27H32F2N8O5. The van der Waals surface area contributed by atoms with Gasteiger partial charge in [0.15, 0.2) is 29.1 Å². The van der Waals surface area contributed by atoms with Gasteiger partial charge in [0.05, 0.1) is 5.69 Å². The third kappa shape index (κ3) is 6.15. The standard InChI is InChI=1S/C27H32F2N8O5/c1-13-10-14(8-9-36(13)27(39)40)20-21(28)24(41-17-5-3-4-16(12-17)35-26(32)33)37(34-2)25(22(20)29)42-19-11-15(23(30)31)6-7-18(19)38/h3-7,11-14,25,34,38H,8-10H2,1-2H3,(H3,30,31)(H,39,40)(H4,32,33,35). The molecule has 2 aliphatic rings. The van der Waals surface area contributed by atoms with Crippen LogP contribution in [0.15, 0.2) is 70.6 Å². The Bertz CT molecular complexity index is 1480. The number of carboxylic acid groups (broad SMARTS) is 1. The Morgan fingerprint density at radius 3 is 2.55 bits per heavy atom. The van der Waals surface area contributed by atoms with Crippen LogP contribution in [0.2, 0.25) is 0 Å². The molecule has 2 aliphatic heterocycles. The first-order valence-corrected chi connectivity index (χ1v) is 12.9. The fraction of sp³-hybridized carbons (Fsp3) is 0.296. The molecule has 0 spiro atoms. The summed E-state index contributed by atoms with van der Waals surface area (Å²) in [7, 11) is 1.39. The summed E-state index contributed by atoms with van der Waals surface area (Å²) in [5.41, 5.74) is 19.3. The van der Waals surface area contributed by atoms with Gasteiger partial charge in [-0.05, 0) is 56.0 Å². The van der Waals surface area contributed by atoms with Crippen molar-refractivity contribution in [3.63, 3.8) is 0 Å². The number of piperidine rings is 1. The van der Waals surface area contributed by atoms with Crippen LogP contribution >= 0.6 is 0 Å². The number of hydrazine groups is 1. The molecule has 3 unspecified atom stereocenters. The minimum atomic E-state index is -1.69. The van der Waals surface area contributed by atoms with Crippen molar-refractivity contribution in [2.24, 2.45) is 28.1 Å². The monoisotopic (exact) mass is 586 g/mol. The van der Waals surface area contributed by atoms with E-state index in [9.17, 15) is 15.0 Å². The van der Waals surface area contributed by atoms with E-state index in [1.165, 1.54) is 42.3 Å². The van der Waals surface area contributed by atoms with E-state index in [-0.39, 0.29) is 59.6 Å². The highest BCUT2D eigenvalue weighted by atomic mass is 19.1. The molecule has 2 aromatic carbocycles. The van der Waals surface area contributed by atoms with Crippen molar-refractivity contribution in [2.45, 2.75) is 32.0 Å². The maximum absolute atomic E-state index is 16.4. The van der Waals surface area contributed by atoms with Crippen molar-refractivity contribution in [3.05, 3.63) is 71.1 Å². The summed E-state index contributed by atoms with van der Waals surface area (Å²) in [5.74, 6) is -4.26. The number of halogens is 2. The van der Waals surface area contributed by atoms with E-state index in [2.05, 4.69) is 10.4 Å². The van der Waals surface area contributed by atoms with Gasteiger partial charge in [-0.3, -0.25) is 5.41 Å². The summed E-state index contributed by atoms with van der Waals surface area (Å²) in [6, 6.07) is 9.46. The van der Waals surface area contributed by atoms with Crippen molar-refractivity contribution in [3.8, 4) is 17.2 Å². The third-order valence-corrected chi connectivity index (χ3v) is 6.92. The maximum Gasteiger partial charge on any atom is 0.407 e. The van der Waals surface area contributed by atoms with Gasteiger partial charge in [0.1, 0.15) is 11.6 Å². The summed E-state index contributed by atoms with van der Waals surface area (Å²) in [6.45, 7) is 1.72. The summed E-state index contributed by atoms with van der Waals surface area (Å²) < 4.78 is 44.5. The molecular weight excluding hydrogens is 554 g/mol. The minimum Gasteiger partial charge on any atom is -0.504 e. The quantitative estimate of drug-likeness (QED) is 0.178. The van der Waals surface area contributed by atoms with E-state index in [1.807, 2.05) is 0 Å². The number of nitrogens with zero attached hydrogens (tertiary/aromatic N) is 3. The van der Waals surface area contributed by atoms with Crippen LogP contribution < -0.4 is 32.1 Å². The average molecular weight is 587 g/mol. The molecule has 15 heteroatoms. The molecule has 224 valence electrons. The number of nitrogens with two attached hydrogens (primary N) is 3. The molecule has 42 heavy (non-hydrogen) atoms. The lowest BCUT2D eigenvalue weighted by Crippen LogP contribution is -2.51. The number of likely N-dealkylation sites (tertiary alicyclic amines) is 1. The predicted octanol–water partition coefficient (Wildman–Crippen LogP) is 2.96. The molecule has 2 aromatic rings. The molecule has 0 aromatic heterocycles. The normalized spacial score (nSPS) is 20.8. The lowest BCUT2D eigenvalue weighted by atomic mass is 9.83. The van der Waals surface area contributed by atoms with Gasteiger partial charge in [-0.15, -0.1) is 0 Å². The molecule has 0 aliphatic carbocycles. The number of nitrogens with one attached hydrogen (secondary N) is 2. The highest BCUT2D eigenvalue weighted by Gasteiger charge is 2.44. The van der Waals surface area contributed by atoms with E-state index in [1.54, 1.807) is 19.1 Å². The number of phenols is 1. The average Bonchev–Trinajstić information content (AvgIpc) is 2.92. The Labute approximate surface area is 240 Å².